The zero-order chi connectivity index (χ0) is 17.9. The van der Waals surface area contributed by atoms with Gasteiger partial charge < -0.3 is 10.1 Å². The van der Waals surface area contributed by atoms with Gasteiger partial charge >= 0.3 is 6.18 Å². The third-order valence-electron chi connectivity index (χ3n) is 3.37. The van der Waals surface area contributed by atoms with Gasteiger partial charge in [-0.05, 0) is 56.2 Å². The Morgan fingerprint density at radius 2 is 1.67 bits per heavy atom. The molecule has 0 aliphatic rings. The Morgan fingerprint density at radius 3 is 2.25 bits per heavy atom. The van der Waals surface area contributed by atoms with Crippen molar-refractivity contribution in [1.29, 1.82) is 0 Å². The molecule has 2 aromatic carbocycles. The van der Waals surface area contributed by atoms with Gasteiger partial charge in [0.15, 0.2) is 6.10 Å². The summed E-state index contributed by atoms with van der Waals surface area (Å²) in [5.41, 5.74) is 0.767. The summed E-state index contributed by atoms with van der Waals surface area (Å²) in [6, 6.07) is 10.3. The van der Waals surface area contributed by atoms with Crippen LogP contribution in [0.15, 0.2) is 42.5 Å². The van der Waals surface area contributed by atoms with Gasteiger partial charge in [0, 0.05) is 0 Å². The van der Waals surface area contributed by atoms with Gasteiger partial charge in [-0.1, -0.05) is 18.2 Å². The van der Waals surface area contributed by atoms with Crippen molar-refractivity contribution in [3.05, 3.63) is 59.2 Å². The van der Waals surface area contributed by atoms with Crippen LogP contribution in [0.3, 0.4) is 0 Å². The van der Waals surface area contributed by atoms with E-state index in [-0.39, 0.29) is 5.69 Å². The van der Waals surface area contributed by atoms with Crippen LogP contribution < -0.4 is 10.1 Å². The summed E-state index contributed by atoms with van der Waals surface area (Å²) in [4.78, 5) is 12.2. The lowest BCUT2D eigenvalue weighted by molar-refractivity contribution is -0.137. The predicted octanol–water partition coefficient (Wildman–Crippen LogP) is 4.73. The molecule has 1 amide bonds. The molecule has 0 bridgehead atoms. The molecular weight excluding hydrogens is 319 g/mol. The Bertz CT molecular complexity index is 721. The van der Waals surface area contributed by atoms with Crippen LogP contribution in [-0.2, 0) is 11.0 Å². The summed E-state index contributed by atoms with van der Waals surface area (Å²) in [6.07, 6.45) is -5.48. The zero-order valence-electron chi connectivity index (χ0n) is 13.6. The number of halogens is 3. The van der Waals surface area contributed by atoms with Crippen molar-refractivity contribution in [3.8, 4) is 5.75 Å². The molecule has 2 rings (SSSR count). The lowest BCUT2D eigenvalue weighted by atomic mass is 10.1. The minimum atomic E-state index is -4.54. The first kappa shape index (κ1) is 17.8. The highest BCUT2D eigenvalue weighted by Crippen LogP contribution is 2.34. The maximum absolute atomic E-state index is 13.0. The van der Waals surface area contributed by atoms with Crippen LogP contribution in [0.2, 0.25) is 0 Å². The van der Waals surface area contributed by atoms with Crippen LogP contribution in [0, 0.1) is 13.8 Å². The largest absolute Gasteiger partial charge is 0.481 e. The van der Waals surface area contributed by atoms with Crippen molar-refractivity contribution >= 4 is 11.6 Å². The Balaban J connectivity index is 2.12. The van der Waals surface area contributed by atoms with Crippen LogP contribution in [0.5, 0.6) is 5.75 Å². The summed E-state index contributed by atoms with van der Waals surface area (Å²) < 4.78 is 44.4. The Kier molecular flexibility index (Phi) is 5.17. The van der Waals surface area contributed by atoms with Crippen molar-refractivity contribution in [1.82, 2.24) is 0 Å². The van der Waals surface area contributed by atoms with E-state index in [0.29, 0.717) is 5.75 Å². The van der Waals surface area contributed by atoms with Gasteiger partial charge in [-0.15, -0.1) is 0 Å². The molecule has 1 atom stereocenters. The zero-order valence-corrected chi connectivity index (χ0v) is 13.6. The van der Waals surface area contributed by atoms with Gasteiger partial charge in [0.05, 0.1) is 11.3 Å². The number of ether oxygens (including phenoxy) is 1. The molecule has 0 spiro atoms. The van der Waals surface area contributed by atoms with E-state index < -0.39 is 23.8 Å². The maximum Gasteiger partial charge on any atom is 0.418 e. The van der Waals surface area contributed by atoms with Gasteiger partial charge in [0.2, 0.25) is 0 Å². The summed E-state index contributed by atoms with van der Waals surface area (Å²) in [7, 11) is 0. The standard InChI is InChI=1S/C18H18F3NO2/c1-11-8-12(2)10-14(9-11)24-13(3)17(23)22-16-7-5-4-6-15(16)18(19,20)21/h4-10,13H,1-3H3,(H,22,23)/t13-/m1/s1. The van der Waals surface area contributed by atoms with Gasteiger partial charge in [0.1, 0.15) is 5.75 Å². The third-order valence-corrected chi connectivity index (χ3v) is 3.37. The molecule has 128 valence electrons. The quantitative estimate of drug-likeness (QED) is 0.876. The lowest BCUT2D eigenvalue weighted by Crippen LogP contribution is -2.31. The summed E-state index contributed by atoms with van der Waals surface area (Å²) in [5.74, 6) is -0.148. The first-order valence-corrected chi connectivity index (χ1v) is 7.39. The van der Waals surface area contributed by atoms with Crippen molar-refractivity contribution in [2.45, 2.75) is 33.1 Å². The number of carbonyl (C=O) groups is 1. The SMILES string of the molecule is Cc1cc(C)cc(O[C@H](C)C(=O)Nc2ccccc2C(F)(F)F)c1. The monoisotopic (exact) mass is 337 g/mol. The molecule has 0 radical (unpaired) electrons. The summed E-state index contributed by atoms with van der Waals surface area (Å²) in [6.45, 7) is 5.28. The average Bonchev–Trinajstić information content (AvgIpc) is 2.45. The van der Waals surface area contributed by atoms with Gasteiger partial charge in [-0.3, -0.25) is 4.79 Å². The van der Waals surface area contributed by atoms with E-state index >= 15 is 0 Å². The fourth-order valence-corrected chi connectivity index (χ4v) is 2.33. The van der Waals surface area contributed by atoms with Crippen LogP contribution in [0.1, 0.15) is 23.6 Å². The summed E-state index contributed by atoms with van der Waals surface area (Å²) >= 11 is 0. The first-order chi connectivity index (χ1) is 11.2. The molecule has 1 N–H and O–H groups in total. The Labute approximate surface area is 138 Å². The molecule has 0 heterocycles. The number of hydrogen-bond donors (Lipinski definition) is 1. The van der Waals surface area contributed by atoms with Crippen molar-refractivity contribution in [2.24, 2.45) is 0 Å². The molecule has 6 heteroatoms. The number of aryl methyl sites for hydroxylation is 2. The minimum absolute atomic E-state index is 0.286. The Hall–Kier alpha value is -2.50. The molecular formula is C18H18F3NO2. The number of benzene rings is 2. The number of carbonyl (C=O) groups excluding carboxylic acids is 1. The van der Waals surface area contributed by atoms with Crippen molar-refractivity contribution < 1.29 is 22.7 Å². The maximum atomic E-state index is 13.0. The molecule has 0 fully saturated rings. The van der Waals surface area contributed by atoms with Crippen LogP contribution in [0.25, 0.3) is 0 Å². The third kappa shape index (κ3) is 4.50. The van der Waals surface area contributed by atoms with E-state index in [4.69, 9.17) is 4.74 Å². The second kappa shape index (κ2) is 6.95. The second-order valence-electron chi connectivity index (χ2n) is 5.62. The molecule has 0 saturated heterocycles. The van der Waals surface area contributed by atoms with Crippen molar-refractivity contribution in [2.75, 3.05) is 5.32 Å². The Morgan fingerprint density at radius 1 is 1.08 bits per heavy atom. The number of amides is 1. The van der Waals surface area contributed by atoms with E-state index in [1.165, 1.54) is 25.1 Å². The highest BCUT2D eigenvalue weighted by molar-refractivity contribution is 5.94. The molecule has 3 nitrogen and oxygen atoms in total. The highest BCUT2D eigenvalue weighted by Gasteiger charge is 2.34. The van der Waals surface area contributed by atoms with Crippen LogP contribution in [0.4, 0.5) is 18.9 Å². The minimum Gasteiger partial charge on any atom is -0.481 e. The molecule has 0 unspecified atom stereocenters. The molecule has 0 saturated carbocycles. The fourth-order valence-electron chi connectivity index (χ4n) is 2.33. The molecule has 0 aromatic heterocycles. The topological polar surface area (TPSA) is 38.3 Å². The second-order valence-corrected chi connectivity index (χ2v) is 5.62. The highest BCUT2D eigenvalue weighted by atomic mass is 19.4. The number of hydrogen-bond acceptors (Lipinski definition) is 2. The van der Waals surface area contributed by atoms with Crippen LogP contribution >= 0.6 is 0 Å². The summed E-state index contributed by atoms with van der Waals surface area (Å²) in [5, 5.41) is 2.28. The van der Waals surface area contributed by atoms with E-state index in [0.717, 1.165) is 17.2 Å². The van der Waals surface area contributed by atoms with Gasteiger partial charge in [0.25, 0.3) is 5.91 Å². The van der Waals surface area contributed by atoms with Crippen LogP contribution in [-0.4, -0.2) is 12.0 Å². The number of nitrogens with one attached hydrogen (secondary N) is 1. The average molecular weight is 337 g/mol. The number of rotatable bonds is 4. The van der Waals surface area contributed by atoms with E-state index in [2.05, 4.69) is 5.32 Å². The van der Waals surface area contributed by atoms with E-state index in [9.17, 15) is 18.0 Å². The predicted molar refractivity (Wildman–Crippen MR) is 86.1 cm³/mol. The van der Waals surface area contributed by atoms with Gasteiger partial charge in [-0.2, -0.15) is 13.2 Å². The van der Waals surface area contributed by atoms with Crippen molar-refractivity contribution in [3.63, 3.8) is 0 Å². The number of alkyl halides is 3. The lowest BCUT2D eigenvalue weighted by Gasteiger charge is -2.18. The number of anilines is 1. The van der Waals surface area contributed by atoms with E-state index in [1.54, 1.807) is 12.1 Å². The smallest absolute Gasteiger partial charge is 0.418 e. The molecule has 0 aliphatic carbocycles. The molecule has 0 aliphatic heterocycles. The van der Waals surface area contributed by atoms with Gasteiger partial charge in [-0.25, -0.2) is 0 Å². The molecule has 24 heavy (non-hydrogen) atoms. The molecule has 2 aromatic rings. The van der Waals surface area contributed by atoms with E-state index in [1.807, 2.05) is 19.9 Å². The number of para-hydroxylation sites is 1. The first-order valence-electron chi connectivity index (χ1n) is 7.39. The fraction of sp³-hybridized carbons (Fsp3) is 0.278. The normalized spacial score (nSPS) is 12.6.